The molecule has 0 amide bonds. The maximum absolute atomic E-state index is 4.50. The number of anilines is 1. The maximum Gasteiger partial charge on any atom is 0.130 e. The van der Waals surface area contributed by atoms with Crippen molar-refractivity contribution in [2.24, 2.45) is 0 Å². The normalized spacial score (nSPS) is 11.1. The quantitative estimate of drug-likeness (QED) is 0.682. The summed E-state index contributed by atoms with van der Waals surface area (Å²) in [4.78, 5) is 12.1. The van der Waals surface area contributed by atoms with Crippen molar-refractivity contribution < 1.29 is 0 Å². The van der Waals surface area contributed by atoms with E-state index < -0.39 is 0 Å². The van der Waals surface area contributed by atoms with Crippen molar-refractivity contribution in [3.05, 3.63) is 54.4 Å². The largest absolute Gasteiger partial charge is 0.343 e. The first-order valence-electron chi connectivity index (χ1n) is 8.15. The van der Waals surface area contributed by atoms with Crippen LogP contribution in [0.1, 0.15) is 13.8 Å². The molecule has 1 N–H and O–H groups in total. The third kappa shape index (κ3) is 3.80. The van der Waals surface area contributed by atoms with Crippen LogP contribution < -0.4 is 5.32 Å². The summed E-state index contributed by atoms with van der Waals surface area (Å²) < 4.78 is 0. The van der Waals surface area contributed by atoms with Crippen molar-refractivity contribution in [1.29, 1.82) is 0 Å². The Hall–Kier alpha value is -2.24. The van der Waals surface area contributed by atoms with Crippen LogP contribution in [0.3, 0.4) is 0 Å². The second-order valence-electron chi connectivity index (χ2n) is 5.69. The van der Waals surface area contributed by atoms with Crippen molar-refractivity contribution in [1.82, 2.24) is 14.9 Å². The molecule has 2 aromatic heterocycles. The molecule has 1 aromatic carbocycles. The smallest absolute Gasteiger partial charge is 0.130 e. The number of thiazole rings is 1. The van der Waals surface area contributed by atoms with Crippen molar-refractivity contribution in [3.8, 4) is 10.4 Å². The third-order valence-electron chi connectivity index (χ3n) is 4.05. The number of fused-ring (bicyclic) bond motifs is 1. The fourth-order valence-electron chi connectivity index (χ4n) is 2.66. The fourth-order valence-corrected chi connectivity index (χ4v) is 3.28. The van der Waals surface area contributed by atoms with E-state index in [1.54, 1.807) is 11.3 Å². The number of nitrogens with zero attached hydrogens (tertiary/aromatic N) is 3. The lowest BCUT2D eigenvalue weighted by Gasteiger charge is -2.20. The predicted molar refractivity (Wildman–Crippen MR) is 103 cm³/mol. The van der Waals surface area contributed by atoms with Crippen LogP contribution >= 0.6 is 11.3 Å². The van der Waals surface area contributed by atoms with Gasteiger partial charge in [-0.1, -0.05) is 32.6 Å². The molecule has 24 heavy (non-hydrogen) atoms. The summed E-state index contributed by atoms with van der Waals surface area (Å²) in [6.45, 7) is 11.3. The molecule has 0 aliphatic rings. The molecule has 0 aliphatic carbocycles. The third-order valence-corrected chi connectivity index (χ3v) is 4.87. The van der Waals surface area contributed by atoms with E-state index >= 15 is 0 Å². The van der Waals surface area contributed by atoms with Gasteiger partial charge in [0.05, 0.1) is 10.4 Å². The lowest BCUT2D eigenvalue weighted by atomic mass is 10.1. The molecule has 0 radical (unpaired) electrons. The van der Waals surface area contributed by atoms with E-state index in [0.717, 1.165) is 41.9 Å². The molecule has 3 aromatic rings. The Kier molecular flexibility index (Phi) is 5.23. The first-order valence-corrected chi connectivity index (χ1v) is 9.03. The van der Waals surface area contributed by atoms with Gasteiger partial charge < -0.3 is 5.32 Å². The first kappa shape index (κ1) is 16.6. The SMILES string of the molecule is C=C(CN(CC)CC)Nc1cc2cc(-c3cncs3)ccc2cn1. The molecule has 0 aliphatic heterocycles. The van der Waals surface area contributed by atoms with Gasteiger partial charge in [-0.05, 0) is 36.2 Å². The number of rotatable bonds is 7. The van der Waals surface area contributed by atoms with Crippen molar-refractivity contribution >= 4 is 27.9 Å². The molecular formula is C19H22N4S. The molecule has 0 unspecified atom stereocenters. The van der Waals surface area contributed by atoms with E-state index in [2.05, 4.69) is 64.9 Å². The van der Waals surface area contributed by atoms with E-state index in [4.69, 9.17) is 0 Å². The standard InChI is InChI=1S/C19H22N4S/c1-4-23(5-2)12-14(3)22-19-9-17-8-15(18-11-20-13-24-18)6-7-16(17)10-21-19/h6-11,13H,3-5,12H2,1-2H3,(H,21,22). The highest BCUT2D eigenvalue weighted by atomic mass is 32.1. The minimum atomic E-state index is 0.827. The molecule has 0 atom stereocenters. The molecule has 5 heteroatoms. The number of likely N-dealkylation sites (N-methyl/N-ethyl adjacent to an activating group) is 1. The zero-order valence-electron chi connectivity index (χ0n) is 14.1. The molecule has 2 heterocycles. The fraction of sp³-hybridized carbons (Fsp3) is 0.263. The van der Waals surface area contributed by atoms with Crippen LogP contribution in [-0.4, -0.2) is 34.5 Å². The predicted octanol–water partition coefficient (Wildman–Crippen LogP) is 4.63. The van der Waals surface area contributed by atoms with E-state index in [1.807, 2.05) is 17.9 Å². The van der Waals surface area contributed by atoms with Gasteiger partial charge in [0.25, 0.3) is 0 Å². The van der Waals surface area contributed by atoms with Gasteiger partial charge in [0.15, 0.2) is 0 Å². The summed E-state index contributed by atoms with van der Waals surface area (Å²) in [7, 11) is 0. The monoisotopic (exact) mass is 338 g/mol. The van der Waals surface area contributed by atoms with E-state index in [9.17, 15) is 0 Å². The number of hydrogen-bond donors (Lipinski definition) is 1. The Morgan fingerprint density at radius 3 is 2.71 bits per heavy atom. The molecule has 0 fully saturated rings. The maximum atomic E-state index is 4.50. The van der Waals surface area contributed by atoms with Crippen molar-refractivity contribution in [3.63, 3.8) is 0 Å². The summed E-state index contributed by atoms with van der Waals surface area (Å²) in [6, 6.07) is 8.48. The second kappa shape index (κ2) is 7.55. The Labute approximate surface area is 146 Å². The lowest BCUT2D eigenvalue weighted by Crippen LogP contribution is -2.27. The Morgan fingerprint density at radius 2 is 2.00 bits per heavy atom. The molecule has 0 spiro atoms. The molecule has 4 nitrogen and oxygen atoms in total. The summed E-state index contributed by atoms with van der Waals surface area (Å²) in [5.74, 6) is 0.834. The van der Waals surface area contributed by atoms with Crippen molar-refractivity contribution in [2.45, 2.75) is 13.8 Å². The number of nitrogens with one attached hydrogen (secondary N) is 1. The zero-order valence-corrected chi connectivity index (χ0v) is 14.9. The number of benzene rings is 1. The Bertz CT molecular complexity index is 823. The summed E-state index contributed by atoms with van der Waals surface area (Å²) in [5, 5.41) is 5.62. The summed E-state index contributed by atoms with van der Waals surface area (Å²) >= 11 is 1.65. The number of hydrogen-bond acceptors (Lipinski definition) is 5. The highest BCUT2D eigenvalue weighted by molar-refractivity contribution is 7.13. The first-order chi connectivity index (χ1) is 11.7. The van der Waals surface area contributed by atoms with Crippen LogP contribution in [0.5, 0.6) is 0 Å². The van der Waals surface area contributed by atoms with Crippen LogP contribution in [0.2, 0.25) is 0 Å². The second-order valence-corrected chi connectivity index (χ2v) is 6.57. The van der Waals surface area contributed by atoms with E-state index in [-0.39, 0.29) is 0 Å². The van der Waals surface area contributed by atoms with Gasteiger partial charge >= 0.3 is 0 Å². The molecule has 124 valence electrons. The summed E-state index contributed by atoms with van der Waals surface area (Å²) in [5.41, 5.74) is 4.00. The molecule has 3 rings (SSSR count). The van der Waals surface area contributed by atoms with Crippen LogP contribution in [0.15, 0.2) is 54.4 Å². The number of aromatic nitrogens is 2. The molecule has 0 saturated carbocycles. The topological polar surface area (TPSA) is 41.0 Å². The van der Waals surface area contributed by atoms with Crippen molar-refractivity contribution in [2.75, 3.05) is 25.0 Å². The van der Waals surface area contributed by atoms with Gasteiger partial charge in [-0.25, -0.2) is 4.98 Å². The van der Waals surface area contributed by atoms with Gasteiger partial charge in [-0.2, -0.15) is 0 Å². The Balaban J connectivity index is 1.81. The van der Waals surface area contributed by atoms with Gasteiger partial charge in [0.1, 0.15) is 5.82 Å². The van der Waals surface area contributed by atoms with Gasteiger partial charge in [-0.3, -0.25) is 9.88 Å². The Morgan fingerprint density at radius 1 is 1.17 bits per heavy atom. The highest BCUT2D eigenvalue weighted by Gasteiger charge is 2.06. The van der Waals surface area contributed by atoms with Gasteiger partial charge in [-0.15, -0.1) is 11.3 Å². The molecular weight excluding hydrogens is 316 g/mol. The van der Waals surface area contributed by atoms with E-state index in [0.29, 0.717) is 0 Å². The van der Waals surface area contributed by atoms with Crippen LogP contribution in [0.25, 0.3) is 21.2 Å². The van der Waals surface area contributed by atoms with Gasteiger partial charge in [0, 0.05) is 30.0 Å². The van der Waals surface area contributed by atoms with Crippen LogP contribution in [0.4, 0.5) is 5.82 Å². The molecule has 0 saturated heterocycles. The minimum Gasteiger partial charge on any atom is -0.343 e. The van der Waals surface area contributed by atoms with Gasteiger partial charge in [0.2, 0.25) is 0 Å². The highest BCUT2D eigenvalue weighted by Crippen LogP contribution is 2.27. The molecule has 0 bridgehead atoms. The van der Waals surface area contributed by atoms with Crippen LogP contribution in [0, 0.1) is 0 Å². The number of pyridine rings is 1. The zero-order chi connectivity index (χ0) is 16.9. The van der Waals surface area contributed by atoms with E-state index in [1.165, 1.54) is 10.4 Å². The minimum absolute atomic E-state index is 0.827. The summed E-state index contributed by atoms with van der Waals surface area (Å²) in [6.07, 6.45) is 3.80. The average molecular weight is 338 g/mol. The average Bonchev–Trinajstić information content (AvgIpc) is 3.13. The van der Waals surface area contributed by atoms with Crippen LogP contribution in [-0.2, 0) is 0 Å². The lowest BCUT2D eigenvalue weighted by molar-refractivity contribution is 0.331.